The lowest BCUT2D eigenvalue weighted by molar-refractivity contribution is -0.161. The molecule has 4 rings (SSSR count). The molecule has 2 aliphatic heterocycles. The summed E-state index contributed by atoms with van der Waals surface area (Å²) in [7, 11) is -0.351. The molecule has 0 aromatic carbocycles. The molecule has 0 radical (unpaired) electrons. The highest BCUT2D eigenvalue weighted by Crippen LogP contribution is 2.49. The number of rotatable bonds is 15. The van der Waals surface area contributed by atoms with Crippen LogP contribution in [0.15, 0.2) is 46.7 Å². The fourth-order valence-electron chi connectivity index (χ4n) is 6.15. The number of carbonyl (C=O) groups excluding carboxylic acids is 2. The molecule has 2 aromatic heterocycles. The number of fused-ring (bicyclic) bond motifs is 1. The molecule has 0 spiro atoms. The summed E-state index contributed by atoms with van der Waals surface area (Å²) in [5.41, 5.74) is 5.21. The van der Waals surface area contributed by atoms with Gasteiger partial charge in [0.1, 0.15) is 14.7 Å². The van der Waals surface area contributed by atoms with Gasteiger partial charge in [-0.1, -0.05) is 33.8 Å². The van der Waals surface area contributed by atoms with Crippen molar-refractivity contribution in [1.29, 1.82) is 0 Å². The molecule has 13 heteroatoms. The van der Waals surface area contributed by atoms with Crippen LogP contribution in [-0.4, -0.2) is 66.6 Å². The molecule has 1 N–H and O–H groups in total. The second-order valence-electron chi connectivity index (χ2n) is 10.7. The van der Waals surface area contributed by atoms with Crippen LogP contribution >= 0.6 is 20.3 Å². The van der Waals surface area contributed by atoms with E-state index >= 15 is 0 Å². The Balaban J connectivity index is 1.64. The van der Waals surface area contributed by atoms with Crippen molar-refractivity contribution in [1.82, 2.24) is 24.8 Å². The number of β-lactam (4-membered cyclic amide) rings is 1. The summed E-state index contributed by atoms with van der Waals surface area (Å²) in [6.07, 6.45) is 3.43. The van der Waals surface area contributed by atoms with Gasteiger partial charge in [-0.2, -0.15) is 0 Å². The summed E-state index contributed by atoms with van der Waals surface area (Å²) in [6, 6.07) is 6.95. The number of aromatic nitrogens is 2. The monoisotopic (exact) mass is 601 g/mol. The molecule has 2 aliphatic rings. The number of nitrogens with zero attached hydrogens (tertiary/aromatic N) is 4. The van der Waals surface area contributed by atoms with Crippen LogP contribution in [0, 0.1) is 11.8 Å². The normalized spacial score (nSPS) is 21.8. The Labute approximate surface area is 245 Å². The first kappa shape index (κ1) is 31.0. The minimum atomic E-state index is -1.90. The lowest BCUT2D eigenvalue weighted by atomic mass is 9.77. The van der Waals surface area contributed by atoms with E-state index in [1.165, 1.54) is 0 Å². The maximum atomic E-state index is 13.7. The number of nitrogens with one attached hydrogen (secondary N) is 1. The second-order valence-corrected chi connectivity index (χ2v) is 17.0. The van der Waals surface area contributed by atoms with Crippen LogP contribution in [0.4, 0.5) is 0 Å². The van der Waals surface area contributed by atoms with Gasteiger partial charge in [0.25, 0.3) is 0 Å². The van der Waals surface area contributed by atoms with Crippen molar-refractivity contribution in [3.63, 3.8) is 0 Å². The Morgan fingerprint density at radius 2 is 2.02 bits per heavy atom. The van der Waals surface area contributed by atoms with E-state index in [9.17, 15) is 9.59 Å². The third-order valence-electron chi connectivity index (χ3n) is 8.50. The number of hydrogen-bond donors (Lipinski definition) is 1. The first-order valence-electron chi connectivity index (χ1n) is 14.1. The van der Waals surface area contributed by atoms with Gasteiger partial charge < -0.3 is 18.8 Å². The van der Waals surface area contributed by atoms with E-state index in [4.69, 9.17) is 8.95 Å². The van der Waals surface area contributed by atoms with Crippen LogP contribution < -0.4 is 5.00 Å². The molecule has 0 bridgehead atoms. The van der Waals surface area contributed by atoms with Gasteiger partial charge in [-0.25, -0.2) is 9.78 Å². The third kappa shape index (κ3) is 6.42. The van der Waals surface area contributed by atoms with Crippen molar-refractivity contribution in [2.75, 3.05) is 6.54 Å². The molecule has 0 aliphatic carbocycles. The molecule has 216 valence electrons. The van der Waals surface area contributed by atoms with Crippen molar-refractivity contribution in [3.05, 3.63) is 57.9 Å². The predicted molar refractivity (Wildman–Crippen MR) is 165 cm³/mol. The minimum Gasteiger partial charge on any atom is -0.428 e. The van der Waals surface area contributed by atoms with Crippen LogP contribution in [-0.2, 0) is 31.6 Å². The molecule has 0 saturated carbocycles. The molecular formula is C27H41BN5O4PSSi. The van der Waals surface area contributed by atoms with E-state index in [-0.39, 0.29) is 38.8 Å². The Kier molecular flexibility index (Phi) is 10.7. The topological polar surface area (TPSA) is 96.9 Å². The molecular weight excluding hydrogens is 560 g/mol. The average Bonchev–Trinajstić information content (AvgIpc) is 3.55. The zero-order valence-corrected chi connectivity index (χ0v) is 27.2. The van der Waals surface area contributed by atoms with Crippen LogP contribution in [0.1, 0.15) is 45.9 Å². The Morgan fingerprint density at radius 1 is 1.27 bits per heavy atom. The van der Waals surface area contributed by atoms with Crippen LogP contribution in [0.2, 0.25) is 18.1 Å². The number of amides is 1. The molecule has 9 nitrogen and oxygen atoms in total. The van der Waals surface area contributed by atoms with Gasteiger partial charge >= 0.3 is 5.97 Å². The predicted octanol–water partition coefficient (Wildman–Crippen LogP) is 3.87. The summed E-state index contributed by atoms with van der Waals surface area (Å²) in [5.74, 6) is -0.777. The summed E-state index contributed by atoms with van der Waals surface area (Å²) >= 11 is 1.56. The van der Waals surface area contributed by atoms with Gasteiger partial charge in [0.15, 0.2) is 16.3 Å². The average molecular weight is 602 g/mol. The Bertz CT molecular complexity index is 1180. The fourth-order valence-corrected chi connectivity index (χ4v) is 9.92. The smallest absolute Gasteiger partial charge is 0.358 e. The quantitative estimate of drug-likeness (QED) is 0.187. The Morgan fingerprint density at radius 3 is 2.62 bits per heavy atom. The number of hydrogen-bond acceptors (Lipinski definition) is 9. The summed E-state index contributed by atoms with van der Waals surface area (Å²) < 4.78 is 12.3. The second kappa shape index (κ2) is 13.8. The lowest BCUT2D eigenvalue weighted by Crippen LogP contribution is -2.65. The zero-order chi connectivity index (χ0) is 28.9. The van der Waals surface area contributed by atoms with E-state index in [0.717, 1.165) is 35.0 Å². The number of thiazole rings is 1. The molecule has 1 saturated heterocycles. The van der Waals surface area contributed by atoms with E-state index < -0.39 is 14.3 Å². The van der Waals surface area contributed by atoms with Gasteiger partial charge in [-0.05, 0) is 42.3 Å². The molecule has 5 atom stereocenters. The standard InChI is InChI=1S/C27H41BN5O4PSSi/c1-6-40(7-2,8-3)37-19(5)23-24-18(4)22(25(33(24)26(23)34)27(35)36-38-31-28)15-32(14-21-16-39-17-30-21)13-20-10-9-11-29-12-20/h9-12,16-19,23-24,31,38H,6-8,13-15,28H2,1-5H3/t18-,19+,23+,24?/m0/s1. The molecule has 2 unspecified atom stereocenters. The first-order chi connectivity index (χ1) is 19.3. The molecule has 40 heavy (non-hydrogen) atoms. The summed E-state index contributed by atoms with van der Waals surface area (Å²) in [5, 5.41) is 2.04. The third-order valence-corrected chi connectivity index (χ3v) is 14.4. The summed E-state index contributed by atoms with van der Waals surface area (Å²) in [6.45, 7) is 12.6. The van der Waals surface area contributed by atoms with E-state index in [0.29, 0.717) is 25.3 Å². The van der Waals surface area contributed by atoms with Crippen molar-refractivity contribution in [2.24, 2.45) is 11.8 Å². The maximum Gasteiger partial charge on any atom is 0.358 e. The highest BCUT2D eigenvalue weighted by Gasteiger charge is 2.61. The van der Waals surface area contributed by atoms with Crippen LogP contribution in [0.5, 0.6) is 0 Å². The summed E-state index contributed by atoms with van der Waals surface area (Å²) in [4.78, 5) is 42.8. The molecule has 1 fully saturated rings. The maximum absolute atomic E-state index is 13.7. The minimum absolute atomic E-state index is 0.0120. The van der Waals surface area contributed by atoms with E-state index in [1.807, 2.05) is 36.1 Å². The van der Waals surface area contributed by atoms with Crippen LogP contribution in [0.25, 0.3) is 0 Å². The van der Waals surface area contributed by atoms with Crippen molar-refractivity contribution >= 4 is 48.5 Å². The van der Waals surface area contributed by atoms with Gasteiger partial charge in [0, 0.05) is 43.3 Å². The van der Waals surface area contributed by atoms with Crippen molar-refractivity contribution in [2.45, 2.75) is 78.0 Å². The highest BCUT2D eigenvalue weighted by atomic mass is 32.1. The first-order valence-corrected chi connectivity index (χ1v) is 18.5. The van der Waals surface area contributed by atoms with Crippen LogP contribution in [0.3, 0.4) is 0 Å². The van der Waals surface area contributed by atoms with E-state index in [1.54, 1.807) is 30.4 Å². The van der Waals surface area contributed by atoms with Crippen molar-refractivity contribution < 1.29 is 18.5 Å². The SMILES string of the molecule is BNPOC(=O)C1=C(CN(Cc2cccnc2)Cc2cscn2)[C@H](C)C2[C@@H]([C@@H](C)O[Si](CC)(CC)CC)C(=O)N12. The fraction of sp³-hybridized carbons (Fsp3) is 0.556. The molecule has 4 heterocycles. The number of carbonyl (C=O) groups is 2. The molecule has 2 aromatic rings. The van der Waals surface area contributed by atoms with Crippen molar-refractivity contribution in [3.8, 4) is 0 Å². The largest absolute Gasteiger partial charge is 0.428 e. The van der Waals surface area contributed by atoms with Gasteiger partial charge in [0.05, 0.1) is 29.3 Å². The molecule has 1 amide bonds. The van der Waals surface area contributed by atoms with Gasteiger partial charge in [-0.3, -0.25) is 14.7 Å². The lowest BCUT2D eigenvalue weighted by Gasteiger charge is -2.49. The van der Waals surface area contributed by atoms with E-state index in [2.05, 4.69) is 47.6 Å². The highest BCUT2D eigenvalue weighted by molar-refractivity contribution is 7.32. The number of pyridine rings is 1. The Hall–Kier alpha value is -1.95. The zero-order valence-electron chi connectivity index (χ0n) is 24.3. The van der Waals surface area contributed by atoms with Gasteiger partial charge in [-0.15, -0.1) is 11.3 Å². The van der Waals surface area contributed by atoms with Gasteiger partial charge in [0.2, 0.25) is 5.91 Å².